The van der Waals surface area contributed by atoms with E-state index >= 15 is 0 Å². The van der Waals surface area contributed by atoms with Crippen molar-refractivity contribution in [1.82, 2.24) is 20.1 Å². The first-order valence-corrected chi connectivity index (χ1v) is 5.31. The third-order valence-electron chi connectivity index (χ3n) is 1.98. The molecule has 2 rings (SSSR count). The van der Waals surface area contributed by atoms with Crippen LogP contribution < -0.4 is 0 Å². The Labute approximate surface area is 99.8 Å². The van der Waals surface area contributed by atoms with Crippen LogP contribution in [0, 0.1) is 0 Å². The second kappa shape index (κ2) is 4.48. The monoisotopic (exact) mass is 284 g/mol. The molecule has 1 N–H and O–H groups in total. The normalized spacial score (nSPS) is 10.4. The smallest absolute Gasteiger partial charge is 0.289 e. The Morgan fingerprint density at radius 2 is 2.44 bits per heavy atom. The first-order chi connectivity index (χ1) is 7.66. The average Bonchev–Trinajstić information content (AvgIpc) is 2.88. The number of carbonyl (C=O) groups is 1. The number of halogens is 1. The molecule has 7 heteroatoms. The van der Waals surface area contributed by atoms with Crippen molar-refractivity contribution in [3.8, 4) is 0 Å². The van der Waals surface area contributed by atoms with Crippen LogP contribution in [0.2, 0.25) is 0 Å². The molecular weight excluding hydrogens is 276 g/mol. The van der Waals surface area contributed by atoms with E-state index in [-0.39, 0.29) is 11.7 Å². The zero-order valence-electron chi connectivity index (χ0n) is 8.48. The summed E-state index contributed by atoms with van der Waals surface area (Å²) in [5, 5.41) is 6.39. The summed E-state index contributed by atoms with van der Waals surface area (Å²) >= 11 is 3.14. The Balaban J connectivity index is 2.05. The summed E-state index contributed by atoms with van der Waals surface area (Å²) in [5.41, 5.74) is 0. The van der Waals surface area contributed by atoms with E-state index < -0.39 is 0 Å². The second-order valence-electron chi connectivity index (χ2n) is 3.20. The summed E-state index contributed by atoms with van der Waals surface area (Å²) in [6, 6.07) is 3.29. The fourth-order valence-corrected chi connectivity index (χ4v) is 1.53. The molecule has 0 aliphatic heterocycles. The third-order valence-corrected chi connectivity index (χ3v) is 2.41. The zero-order chi connectivity index (χ0) is 11.5. The van der Waals surface area contributed by atoms with Gasteiger partial charge in [0.25, 0.3) is 5.91 Å². The SMILES string of the molecule is CN(Cc1ncn[nH]1)C(=O)c1ccc(Br)o1. The van der Waals surface area contributed by atoms with Gasteiger partial charge in [0.15, 0.2) is 10.4 Å². The molecule has 0 saturated carbocycles. The Morgan fingerprint density at radius 1 is 1.62 bits per heavy atom. The third kappa shape index (κ3) is 2.30. The summed E-state index contributed by atoms with van der Waals surface area (Å²) in [7, 11) is 1.67. The number of amides is 1. The number of aromatic nitrogens is 3. The summed E-state index contributed by atoms with van der Waals surface area (Å²) in [6.07, 6.45) is 1.40. The molecule has 0 aliphatic carbocycles. The molecule has 0 spiro atoms. The van der Waals surface area contributed by atoms with Gasteiger partial charge in [-0.2, -0.15) is 5.10 Å². The summed E-state index contributed by atoms with van der Waals surface area (Å²) < 4.78 is 5.70. The fourth-order valence-electron chi connectivity index (χ4n) is 1.22. The first kappa shape index (κ1) is 10.9. The lowest BCUT2D eigenvalue weighted by Crippen LogP contribution is -2.26. The second-order valence-corrected chi connectivity index (χ2v) is 3.98. The molecule has 0 bridgehead atoms. The maximum absolute atomic E-state index is 11.8. The Kier molecular flexibility index (Phi) is 3.04. The molecule has 0 unspecified atom stereocenters. The van der Waals surface area contributed by atoms with Gasteiger partial charge in [0, 0.05) is 7.05 Å². The number of hydrogen-bond acceptors (Lipinski definition) is 4. The van der Waals surface area contributed by atoms with Crippen molar-refractivity contribution in [2.24, 2.45) is 0 Å². The number of H-pyrrole nitrogens is 1. The van der Waals surface area contributed by atoms with Crippen molar-refractivity contribution in [1.29, 1.82) is 0 Å². The van der Waals surface area contributed by atoms with Gasteiger partial charge in [0.2, 0.25) is 0 Å². The van der Waals surface area contributed by atoms with E-state index in [1.807, 2.05) is 0 Å². The number of nitrogens with zero attached hydrogens (tertiary/aromatic N) is 3. The number of carbonyl (C=O) groups excluding carboxylic acids is 1. The molecule has 0 radical (unpaired) electrons. The molecule has 0 aliphatic rings. The highest BCUT2D eigenvalue weighted by Crippen LogP contribution is 2.15. The Hall–Kier alpha value is -1.63. The molecular formula is C9H9BrN4O2. The van der Waals surface area contributed by atoms with E-state index in [1.165, 1.54) is 11.2 Å². The molecule has 2 heterocycles. The molecule has 0 aromatic carbocycles. The van der Waals surface area contributed by atoms with Crippen LogP contribution in [0.4, 0.5) is 0 Å². The molecule has 6 nitrogen and oxygen atoms in total. The molecule has 2 aromatic rings. The lowest BCUT2D eigenvalue weighted by Gasteiger charge is -2.13. The highest BCUT2D eigenvalue weighted by molar-refractivity contribution is 9.10. The Morgan fingerprint density at radius 3 is 3.00 bits per heavy atom. The van der Waals surface area contributed by atoms with Crippen LogP contribution >= 0.6 is 15.9 Å². The maximum Gasteiger partial charge on any atom is 0.289 e. The lowest BCUT2D eigenvalue weighted by molar-refractivity contribution is 0.0748. The van der Waals surface area contributed by atoms with E-state index in [1.54, 1.807) is 19.2 Å². The van der Waals surface area contributed by atoms with Crippen LogP contribution in [0.15, 0.2) is 27.5 Å². The minimum atomic E-state index is -0.206. The molecule has 0 saturated heterocycles. The first-order valence-electron chi connectivity index (χ1n) is 4.52. The molecule has 16 heavy (non-hydrogen) atoms. The number of nitrogens with one attached hydrogen (secondary N) is 1. The summed E-state index contributed by atoms with van der Waals surface area (Å²) in [5.74, 6) is 0.706. The highest BCUT2D eigenvalue weighted by atomic mass is 79.9. The quantitative estimate of drug-likeness (QED) is 0.925. The standard InChI is InChI=1S/C9H9BrN4O2/c1-14(4-8-11-5-12-13-8)9(15)6-2-3-7(10)16-6/h2-3,5H,4H2,1H3,(H,11,12,13). The van der Waals surface area contributed by atoms with E-state index in [2.05, 4.69) is 31.1 Å². The van der Waals surface area contributed by atoms with Gasteiger partial charge in [-0.3, -0.25) is 9.89 Å². The van der Waals surface area contributed by atoms with Crippen molar-refractivity contribution in [3.63, 3.8) is 0 Å². The van der Waals surface area contributed by atoms with E-state index in [9.17, 15) is 4.79 Å². The molecule has 0 fully saturated rings. The van der Waals surface area contributed by atoms with Gasteiger partial charge in [0.05, 0.1) is 6.54 Å². The van der Waals surface area contributed by atoms with Crippen molar-refractivity contribution in [2.45, 2.75) is 6.54 Å². The molecule has 1 amide bonds. The summed E-state index contributed by atoms with van der Waals surface area (Å²) in [4.78, 5) is 17.3. The predicted octanol–water partition coefficient (Wildman–Crippen LogP) is 1.43. The van der Waals surface area contributed by atoms with Crippen LogP contribution in [0.1, 0.15) is 16.4 Å². The number of furan rings is 1. The van der Waals surface area contributed by atoms with Crippen LogP contribution in [0.5, 0.6) is 0 Å². The highest BCUT2D eigenvalue weighted by Gasteiger charge is 2.16. The minimum absolute atomic E-state index is 0.206. The van der Waals surface area contributed by atoms with E-state index in [0.29, 0.717) is 17.0 Å². The van der Waals surface area contributed by atoms with Gasteiger partial charge in [-0.25, -0.2) is 4.98 Å². The van der Waals surface area contributed by atoms with Gasteiger partial charge >= 0.3 is 0 Å². The predicted molar refractivity (Wildman–Crippen MR) is 58.6 cm³/mol. The molecule has 0 atom stereocenters. The van der Waals surface area contributed by atoms with Crippen molar-refractivity contribution in [3.05, 3.63) is 34.7 Å². The maximum atomic E-state index is 11.8. The number of hydrogen-bond donors (Lipinski definition) is 1. The zero-order valence-corrected chi connectivity index (χ0v) is 10.1. The number of aromatic amines is 1. The van der Waals surface area contributed by atoms with Crippen molar-refractivity contribution >= 4 is 21.8 Å². The van der Waals surface area contributed by atoms with Gasteiger partial charge in [-0.05, 0) is 28.1 Å². The van der Waals surface area contributed by atoms with E-state index in [0.717, 1.165) is 0 Å². The Bertz CT molecular complexity index is 479. The average molecular weight is 285 g/mol. The van der Waals surface area contributed by atoms with Crippen molar-refractivity contribution < 1.29 is 9.21 Å². The van der Waals surface area contributed by atoms with Gasteiger partial charge in [-0.15, -0.1) is 0 Å². The van der Waals surface area contributed by atoms with Gasteiger partial charge in [0.1, 0.15) is 12.2 Å². The fraction of sp³-hybridized carbons (Fsp3) is 0.222. The van der Waals surface area contributed by atoms with Crippen LogP contribution in [0.3, 0.4) is 0 Å². The summed E-state index contributed by atoms with van der Waals surface area (Å²) in [6.45, 7) is 0.358. The topological polar surface area (TPSA) is 75.0 Å². The molecule has 2 aromatic heterocycles. The van der Waals surface area contributed by atoms with Gasteiger partial charge < -0.3 is 9.32 Å². The van der Waals surface area contributed by atoms with Crippen LogP contribution in [-0.4, -0.2) is 33.0 Å². The van der Waals surface area contributed by atoms with Crippen LogP contribution in [0.25, 0.3) is 0 Å². The van der Waals surface area contributed by atoms with Crippen LogP contribution in [-0.2, 0) is 6.54 Å². The lowest BCUT2D eigenvalue weighted by atomic mass is 10.4. The van der Waals surface area contributed by atoms with Crippen molar-refractivity contribution in [2.75, 3.05) is 7.05 Å². The number of rotatable bonds is 3. The van der Waals surface area contributed by atoms with Gasteiger partial charge in [-0.1, -0.05) is 0 Å². The minimum Gasteiger partial charge on any atom is -0.444 e. The largest absolute Gasteiger partial charge is 0.444 e. The molecule has 84 valence electrons. The van der Waals surface area contributed by atoms with E-state index in [4.69, 9.17) is 4.42 Å².